The van der Waals surface area contributed by atoms with Crippen molar-refractivity contribution in [3.05, 3.63) is 0 Å². The highest BCUT2D eigenvalue weighted by Gasteiger charge is 2.37. The highest BCUT2D eigenvalue weighted by molar-refractivity contribution is 5.81. The van der Waals surface area contributed by atoms with Crippen LogP contribution in [0.1, 0.15) is 12.8 Å². The first kappa shape index (κ1) is 8.68. The molecule has 0 aliphatic carbocycles. The Kier molecular flexibility index (Phi) is 2.18. The zero-order valence-corrected chi connectivity index (χ0v) is 8.33. The van der Waals surface area contributed by atoms with Gasteiger partial charge < -0.3 is 15.4 Å². The molecule has 0 aromatic heterocycles. The second-order valence-corrected chi connectivity index (χ2v) is 4.37. The van der Waals surface area contributed by atoms with Crippen LogP contribution in [0.5, 0.6) is 0 Å². The van der Waals surface area contributed by atoms with Crippen LogP contribution in [-0.4, -0.2) is 44.2 Å². The van der Waals surface area contributed by atoms with Gasteiger partial charge in [-0.3, -0.25) is 0 Å². The summed E-state index contributed by atoms with van der Waals surface area (Å²) in [7, 11) is 0. The monoisotopic (exact) mass is 195 g/mol. The van der Waals surface area contributed by atoms with Gasteiger partial charge in [-0.15, -0.1) is 0 Å². The number of hydrogen-bond acceptors (Lipinski definition) is 4. The third kappa shape index (κ3) is 1.42. The Labute approximate surface area is 84.1 Å². The minimum atomic E-state index is 0.333. The average molecular weight is 195 g/mol. The third-order valence-corrected chi connectivity index (χ3v) is 3.38. The van der Waals surface area contributed by atoms with Crippen LogP contribution in [0.4, 0.5) is 0 Å². The molecule has 0 aromatic carbocycles. The Balaban J connectivity index is 1.67. The molecule has 4 heteroatoms. The lowest BCUT2D eigenvalue weighted by molar-refractivity contribution is 0.205. The maximum Gasteiger partial charge on any atom is 0.187 e. The van der Waals surface area contributed by atoms with Crippen molar-refractivity contribution in [1.29, 1.82) is 0 Å². The van der Waals surface area contributed by atoms with Gasteiger partial charge in [0.15, 0.2) is 5.90 Å². The van der Waals surface area contributed by atoms with E-state index in [1.54, 1.807) is 0 Å². The molecule has 2 unspecified atom stereocenters. The average Bonchev–Trinajstić information content (AvgIpc) is 2.78. The number of fused-ring (bicyclic) bond motifs is 1. The molecule has 0 bridgehead atoms. The Morgan fingerprint density at radius 1 is 1.14 bits per heavy atom. The summed E-state index contributed by atoms with van der Waals surface area (Å²) in [5.74, 6) is 1.63. The molecule has 0 radical (unpaired) electrons. The van der Waals surface area contributed by atoms with Gasteiger partial charge in [0, 0.05) is 19.0 Å². The van der Waals surface area contributed by atoms with E-state index in [4.69, 9.17) is 4.74 Å². The molecule has 0 amide bonds. The van der Waals surface area contributed by atoms with Gasteiger partial charge in [0.05, 0.1) is 0 Å². The predicted molar refractivity (Wildman–Crippen MR) is 54.6 cm³/mol. The summed E-state index contributed by atoms with van der Waals surface area (Å²) >= 11 is 0. The van der Waals surface area contributed by atoms with E-state index in [1.807, 2.05) is 0 Å². The van der Waals surface area contributed by atoms with Gasteiger partial charge in [-0.1, -0.05) is 0 Å². The Hall–Kier alpha value is -0.610. The molecular formula is C10H17N3O. The number of rotatable bonds is 1. The number of ether oxygens (including phenoxy) is 1. The minimum absolute atomic E-state index is 0.333. The van der Waals surface area contributed by atoms with Crippen LogP contribution in [0.3, 0.4) is 0 Å². The maximum atomic E-state index is 5.88. The van der Waals surface area contributed by atoms with Gasteiger partial charge in [-0.25, -0.2) is 4.99 Å². The normalized spacial score (nSPS) is 37.9. The molecule has 0 spiro atoms. The fourth-order valence-corrected chi connectivity index (χ4v) is 2.51. The van der Waals surface area contributed by atoms with Crippen LogP contribution in [0.25, 0.3) is 0 Å². The predicted octanol–water partition coefficient (Wildman–Crippen LogP) is -0.245. The summed E-state index contributed by atoms with van der Waals surface area (Å²) in [5, 5.41) is 6.67. The summed E-state index contributed by atoms with van der Waals surface area (Å²) in [6, 6.07) is 0.403. The smallest absolute Gasteiger partial charge is 0.187 e. The molecule has 0 aromatic rings. The van der Waals surface area contributed by atoms with Crippen molar-refractivity contribution in [3.63, 3.8) is 0 Å². The van der Waals surface area contributed by atoms with Crippen molar-refractivity contribution in [2.75, 3.05) is 26.2 Å². The van der Waals surface area contributed by atoms with Crippen molar-refractivity contribution < 1.29 is 4.74 Å². The lowest BCUT2D eigenvalue weighted by Crippen LogP contribution is -2.33. The third-order valence-electron chi connectivity index (χ3n) is 3.38. The molecule has 4 nitrogen and oxygen atoms in total. The van der Waals surface area contributed by atoms with Gasteiger partial charge in [0.2, 0.25) is 0 Å². The lowest BCUT2D eigenvalue weighted by Gasteiger charge is -2.22. The molecule has 3 aliphatic rings. The van der Waals surface area contributed by atoms with E-state index in [9.17, 15) is 0 Å². The molecular weight excluding hydrogens is 178 g/mol. The van der Waals surface area contributed by atoms with Gasteiger partial charge in [0.1, 0.15) is 12.1 Å². The number of piperidine rings is 1. The second kappa shape index (κ2) is 3.51. The first-order chi connectivity index (χ1) is 6.93. The SMILES string of the molecule is C1CC(C2=NC3CNCC3O2)CCN1. The van der Waals surface area contributed by atoms with E-state index in [0.29, 0.717) is 18.1 Å². The molecule has 3 aliphatic heterocycles. The van der Waals surface area contributed by atoms with Crippen molar-refractivity contribution >= 4 is 5.90 Å². The largest absolute Gasteiger partial charge is 0.474 e. The van der Waals surface area contributed by atoms with E-state index in [-0.39, 0.29) is 0 Å². The molecule has 14 heavy (non-hydrogen) atoms. The molecule has 2 atom stereocenters. The highest BCUT2D eigenvalue weighted by Crippen LogP contribution is 2.24. The zero-order valence-electron chi connectivity index (χ0n) is 8.33. The highest BCUT2D eigenvalue weighted by atomic mass is 16.5. The lowest BCUT2D eigenvalue weighted by atomic mass is 9.98. The maximum absolute atomic E-state index is 5.88. The summed E-state index contributed by atoms with van der Waals surface area (Å²) < 4.78 is 5.88. The summed E-state index contributed by atoms with van der Waals surface area (Å²) in [4.78, 5) is 4.68. The van der Waals surface area contributed by atoms with E-state index in [2.05, 4.69) is 15.6 Å². The Bertz CT molecular complexity index is 248. The summed E-state index contributed by atoms with van der Waals surface area (Å²) in [5.41, 5.74) is 0. The summed E-state index contributed by atoms with van der Waals surface area (Å²) in [6.45, 7) is 4.20. The number of aliphatic imine (C=N–C) groups is 1. The fraction of sp³-hybridized carbons (Fsp3) is 0.900. The van der Waals surface area contributed by atoms with Crippen molar-refractivity contribution in [2.24, 2.45) is 10.9 Å². The van der Waals surface area contributed by atoms with E-state index < -0.39 is 0 Å². The standard InChI is InChI=1S/C10H17N3O/c1-3-11-4-2-7(1)10-13-8-5-12-6-9(8)14-10/h7-9,11-12H,1-6H2. The van der Waals surface area contributed by atoms with E-state index >= 15 is 0 Å². The van der Waals surface area contributed by atoms with Crippen LogP contribution < -0.4 is 10.6 Å². The molecule has 0 saturated carbocycles. The Morgan fingerprint density at radius 2 is 2.00 bits per heavy atom. The van der Waals surface area contributed by atoms with Crippen LogP contribution in [-0.2, 0) is 4.74 Å². The zero-order chi connectivity index (χ0) is 9.38. The minimum Gasteiger partial charge on any atom is -0.474 e. The quantitative estimate of drug-likeness (QED) is 0.607. The van der Waals surface area contributed by atoms with Crippen LogP contribution >= 0.6 is 0 Å². The van der Waals surface area contributed by atoms with Crippen LogP contribution in [0.2, 0.25) is 0 Å². The van der Waals surface area contributed by atoms with Crippen molar-refractivity contribution in [1.82, 2.24) is 10.6 Å². The fourth-order valence-electron chi connectivity index (χ4n) is 2.51. The summed E-state index contributed by atoms with van der Waals surface area (Å²) in [6.07, 6.45) is 2.71. The first-order valence-electron chi connectivity index (χ1n) is 5.59. The second-order valence-electron chi connectivity index (χ2n) is 4.37. The Morgan fingerprint density at radius 3 is 2.79 bits per heavy atom. The van der Waals surface area contributed by atoms with Crippen molar-refractivity contribution in [2.45, 2.75) is 25.0 Å². The number of nitrogens with one attached hydrogen (secondary N) is 2. The first-order valence-corrected chi connectivity index (χ1v) is 5.59. The van der Waals surface area contributed by atoms with Gasteiger partial charge in [-0.05, 0) is 25.9 Å². The van der Waals surface area contributed by atoms with Gasteiger partial charge in [-0.2, -0.15) is 0 Å². The van der Waals surface area contributed by atoms with Gasteiger partial charge >= 0.3 is 0 Å². The molecule has 3 heterocycles. The molecule has 3 rings (SSSR count). The molecule has 2 N–H and O–H groups in total. The van der Waals surface area contributed by atoms with E-state index in [0.717, 1.165) is 32.1 Å². The van der Waals surface area contributed by atoms with Crippen LogP contribution in [0.15, 0.2) is 4.99 Å². The number of hydrogen-bond donors (Lipinski definition) is 2. The van der Waals surface area contributed by atoms with Gasteiger partial charge in [0.25, 0.3) is 0 Å². The molecule has 2 fully saturated rings. The topological polar surface area (TPSA) is 45.7 Å². The molecule has 2 saturated heterocycles. The van der Waals surface area contributed by atoms with E-state index in [1.165, 1.54) is 12.8 Å². The molecule has 78 valence electrons. The van der Waals surface area contributed by atoms with Crippen LogP contribution in [0, 0.1) is 5.92 Å². The van der Waals surface area contributed by atoms with Crippen molar-refractivity contribution in [3.8, 4) is 0 Å². The number of nitrogens with zero attached hydrogens (tertiary/aromatic N) is 1.